The maximum Gasteiger partial charge on any atom is 0.295 e. The minimum atomic E-state index is -0.791. The number of H-pyrrole nitrogens is 1. The number of ketones is 1. The summed E-state index contributed by atoms with van der Waals surface area (Å²) < 4.78 is 6.60. The second-order valence-corrected chi connectivity index (χ2v) is 9.47. The Morgan fingerprint density at radius 3 is 2.66 bits per heavy atom. The lowest BCUT2D eigenvalue weighted by molar-refractivity contribution is -0.378. The molecule has 1 N–H and O–H groups in total. The Kier molecular flexibility index (Phi) is 7.66. The highest BCUT2D eigenvalue weighted by atomic mass is 79.9. The van der Waals surface area contributed by atoms with Crippen LogP contribution in [-0.2, 0) is 16.1 Å². The van der Waals surface area contributed by atoms with Crippen LogP contribution < -0.4 is 14.8 Å². The highest BCUT2D eigenvalue weighted by molar-refractivity contribution is 9.10. The van der Waals surface area contributed by atoms with Crippen molar-refractivity contribution in [2.75, 3.05) is 6.61 Å². The smallest absolute Gasteiger partial charge is 0.295 e. The number of unbranched alkanes of at least 4 members (excludes halogenated alkanes) is 1. The van der Waals surface area contributed by atoms with E-state index in [1.165, 1.54) is 4.90 Å². The molecule has 7 heteroatoms. The molecular formula is C28H27BrN2O4. The molecule has 1 saturated heterocycles. The molecular weight excluding hydrogens is 508 g/mol. The molecule has 180 valence electrons. The van der Waals surface area contributed by atoms with Crippen molar-refractivity contribution in [2.24, 2.45) is 0 Å². The molecule has 4 rings (SSSR count). The third-order valence-electron chi connectivity index (χ3n) is 6.01. The Labute approximate surface area is 213 Å². The molecule has 1 unspecified atom stereocenters. The Bertz CT molecular complexity index is 1270. The van der Waals surface area contributed by atoms with Crippen molar-refractivity contribution in [3.8, 4) is 5.75 Å². The molecule has 1 amide bonds. The summed E-state index contributed by atoms with van der Waals surface area (Å²) in [7, 11) is 0. The average molecular weight is 535 g/mol. The number of nitrogens with zero attached hydrogens (tertiary/aromatic N) is 1. The fraction of sp³-hybridized carbons (Fsp3) is 0.250. The summed E-state index contributed by atoms with van der Waals surface area (Å²) in [6, 6.07) is 15.4. The molecule has 2 heterocycles. The monoisotopic (exact) mass is 534 g/mol. The summed E-state index contributed by atoms with van der Waals surface area (Å²) in [5.74, 6) is -1.18. The van der Waals surface area contributed by atoms with Crippen molar-refractivity contribution in [1.29, 1.82) is 0 Å². The zero-order valence-corrected chi connectivity index (χ0v) is 21.3. The number of ether oxygens (including phenoxy) is 1. The number of carbonyl (C=O) groups excluding carboxylic acids is 2. The summed E-state index contributed by atoms with van der Waals surface area (Å²) >= 11 is 3.47. The summed E-state index contributed by atoms with van der Waals surface area (Å²) in [5.41, 5.74) is 2.65. The topological polar surface area (TPSA) is 83.8 Å². The molecule has 3 aromatic rings. The second kappa shape index (κ2) is 10.9. The number of rotatable bonds is 8. The van der Waals surface area contributed by atoms with Gasteiger partial charge in [-0.25, -0.2) is 4.98 Å². The number of likely N-dealkylation sites (tertiary alicyclic amines) is 1. The van der Waals surface area contributed by atoms with E-state index in [0.717, 1.165) is 28.4 Å². The molecule has 0 bridgehead atoms. The van der Waals surface area contributed by atoms with Crippen LogP contribution in [0.4, 0.5) is 0 Å². The maximum absolute atomic E-state index is 13.7. The zero-order chi connectivity index (χ0) is 24.9. The van der Waals surface area contributed by atoms with E-state index in [2.05, 4.69) is 27.8 Å². The van der Waals surface area contributed by atoms with Gasteiger partial charge in [-0.2, -0.15) is 0 Å². The van der Waals surface area contributed by atoms with Gasteiger partial charge < -0.3 is 14.7 Å². The second-order valence-electron chi connectivity index (χ2n) is 8.56. The SMILES string of the molecule is CCCCOc1ccc(C([O-])=C2C(=O)C(=O)N(Cc3ccc[nH+]c3)C2c2cccc(Br)c2)cc1C. The zero-order valence-electron chi connectivity index (χ0n) is 19.7. The number of benzene rings is 2. The number of nitrogens with one attached hydrogen (secondary N) is 1. The standard InChI is InChI=1S/C28H27BrN2O4/c1-3-4-13-35-23-11-10-21(14-18(23)2)26(32)24-25(20-8-5-9-22(29)15-20)31(28(34)27(24)33)17-19-7-6-12-30-16-19/h5-12,14-16,25,32H,3-4,13,17H2,1-2H3. The lowest BCUT2D eigenvalue weighted by Gasteiger charge is -2.27. The molecule has 1 aliphatic heterocycles. The van der Waals surface area contributed by atoms with Gasteiger partial charge in [0, 0.05) is 21.7 Å². The molecule has 0 radical (unpaired) electrons. The first-order chi connectivity index (χ1) is 16.9. The van der Waals surface area contributed by atoms with Crippen LogP contribution in [0.1, 0.15) is 48.1 Å². The molecule has 1 aromatic heterocycles. The quantitative estimate of drug-likeness (QED) is 0.188. The fourth-order valence-corrected chi connectivity index (χ4v) is 4.63. The van der Waals surface area contributed by atoms with E-state index in [1.54, 1.807) is 30.6 Å². The van der Waals surface area contributed by atoms with Gasteiger partial charge in [0.15, 0.2) is 12.4 Å². The summed E-state index contributed by atoms with van der Waals surface area (Å²) in [6.07, 6.45) is 5.51. The largest absolute Gasteiger partial charge is 0.872 e. The van der Waals surface area contributed by atoms with Gasteiger partial charge in [0.1, 0.15) is 5.75 Å². The Balaban J connectivity index is 1.78. The first-order valence-corrected chi connectivity index (χ1v) is 12.4. The lowest BCUT2D eigenvalue weighted by atomic mass is 9.94. The van der Waals surface area contributed by atoms with Crippen LogP contribution in [0.25, 0.3) is 5.76 Å². The van der Waals surface area contributed by atoms with E-state index in [1.807, 2.05) is 43.3 Å². The summed E-state index contributed by atoms with van der Waals surface area (Å²) in [6.45, 7) is 4.76. The van der Waals surface area contributed by atoms with Crippen LogP contribution in [0.3, 0.4) is 0 Å². The molecule has 1 aliphatic rings. The predicted octanol–water partition coefficient (Wildman–Crippen LogP) is 4.17. The molecule has 1 atom stereocenters. The highest BCUT2D eigenvalue weighted by Gasteiger charge is 2.44. The summed E-state index contributed by atoms with van der Waals surface area (Å²) in [5, 5.41) is 13.7. The summed E-state index contributed by atoms with van der Waals surface area (Å²) in [4.78, 5) is 30.8. The molecule has 0 saturated carbocycles. The lowest BCUT2D eigenvalue weighted by Crippen LogP contribution is -2.29. The number of aromatic amines is 1. The number of hydrogen-bond donors (Lipinski definition) is 0. The number of pyridine rings is 1. The van der Waals surface area contributed by atoms with Crippen LogP contribution in [0.5, 0.6) is 5.75 Å². The Morgan fingerprint density at radius 1 is 1.14 bits per heavy atom. The highest BCUT2D eigenvalue weighted by Crippen LogP contribution is 2.40. The molecule has 0 aliphatic carbocycles. The minimum Gasteiger partial charge on any atom is -0.872 e. The van der Waals surface area contributed by atoms with Crippen molar-refractivity contribution in [2.45, 2.75) is 39.3 Å². The number of Topliss-reactive ketones (excluding diaryl/α,β-unsaturated/α-hetero) is 1. The van der Waals surface area contributed by atoms with Gasteiger partial charge in [0.2, 0.25) is 5.78 Å². The van der Waals surface area contributed by atoms with Crippen LogP contribution in [0.15, 0.2) is 77.0 Å². The number of halogens is 1. The van der Waals surface area contributed by atoms with E-state index in [-0.39, 0.29) is 12.1 Å². The third kappa shape index (κ3) is 5.30. The van der Waals surface area contributed by atoms with Gasteiger partial charge in [-0.1, -0.05) is 53.2 Å². The van der Waals surface area contributed by atoms with Crippen LogP contribution in [0, 0.1) is 6.92 Å². The fourth-order valence-electron chi connectivity index (χ4n) is 4.22. The predicted molar refractivity (Wildman–Crippen MR) is 134 cm³/mol. The first kappa shape index (κ1) is 24.7. The normalized spacial score (nSPS) is 17.1. The van der Waals surface area contributed by atoms with Crippen molar-refractivity contribution in [3.05, 3.63) is 99.3 Å². The Morgan fingerprint density at radius 2 is 1.97 bits per heavy atom. The number of hydrogen-bond acceptors (Lipinski definition) is 4. The molecule has 1 fully saturated rings. The van der Waals surface area contributed by atoms with Gasteiger partial charge in [0.25, 0.3) is 5.91 Å². The number of aromatic nitrogens is 1. The van der Waals surface area contributed by atoms with Crippen molar-refractivity contribution in [1.82, 2.24) is 4.90 Å². The number of carbonyl (C=O) groups is 2. The molecule has 35 heavy (non-hydrogen) atoms. The minimum absolute atomic E-state index is 0.0351. The average Bonchev–Trinajstić information content (AvgIpc) is 3.10. The Hall–Kier alpha value is -3.45. The van der Waals surface area contributed by atoms with Gasteiger partial charge in [0.05, 0.1) is 19.2 Å². The number of amides is 1. The molecule has 2 aromatic carbocycles. The van der Waals surface area contributed by atoms with Gasteiger partial charge in [-0.3, -0.25) is 9.59 Å². The van der Waals surface area contributed by atoms with Gasteiger partial charge >= 0.3 is 0 Å². The van der Waals surface area contributed by atoms with Crippen molar-refractivity contribution < 1.29 is 24.4 Å². The first-order valence-electron chi connectivity index (χ1n) is 11.6. The van der Waals surface area contributed by atoms with E-state index < -0.39 is 23.5 Å². The van der Waals surface area contributed by atoms with E-state index in [4.69, 9.17) is 4.74 Å². The van der Waals surface area contributed by atoms with E-state index in [9.17, 15) is 14.7 Å². The third-order valence-corrected chi connectivity index (χ3v) is 6.50. The van der Waals surface area contributed by atoms with E-state index in [0.29, 0.717) is 23.5 Å². The van der Waals surface area contributed by atoms with Crippen LogP contribution in [-0.4, -0.2) is 23.2 Å². The van der Waals surface area contributed by atoms with E-state index >= 15 is 0 Å². The maximum atomic E-state index is 13.7. The molecule has 6 nitrogen and oxygen atoms in total. The van der Waals surface area contributed by atoms with Gasteiger partial charge in [-0.15, -0.1) is 0 Å². The van der Waals surface area contributed by atoms with Crippen LogP contribution in [0.2, 0.25) is 0 Å². The van der Waals surface area contributed by atoms with Crippen LogP contribution >= 0.6 is 15.9 Å². The van der Waals surface area contributed by atoms with Crippen molar-refractivity contribution >= 4 is 33.4 Å². The number of aryl methyl sites for hydroxylation is 1. The van der Waals surface area contributed by atoms with Crippen molar-refractivity contribution in [3.63, 3.8) is 0 Å². The molecule has 0 spiro atoms. The van der Waals surface area contributed by atoms with Gasteiger partial charge in [-0.05, 0) is 60.4 Å².